The largest absolute Gasteiger partial charge is 0.390 e. The second kappa shape index (κ2) is 4.53. The lowest BCUT2D eigenvalue weighted by Crippen LogP contribution is -2.48. The molecule has 122 valence electrons. The van der Waals surface area contributed by atoms with Crippen molar-refractivity contribution in [1.82, 2.24) is 15.3 Å². The van der Waals surface area contributed by atoms with Gasteiger partial charge in [-0.2, -0.15) is 0 Å². The number of carbonyl (C=O) groups is 1. The maximum atomic E-state index is 12.8. The second-order valence-corrected chi connectivity index (χ2v) is 8.25. The highest BCUT2D eigenvalue weighted by molar-refractivity contribution is 5.95. The molecule has 5 aliphatic carbocycles. The molecule has 5 heteroatoms. The van der Waals surface area contributed by atoms with Crippen LogP contribution in [0.3, 0.4) is 0 Å². The third-order valence-electron chi connectivity index (χ3n) is 6.53. The van der Waals surface area contributed by atoms with Gasteiger partial charge in [-0.25, -0.2) is 9.97 Å². The molecule has 5 nitrogen and oxygen atoms in total. The molecular formula is C18H23N3O2. The number of hydrogen-bond donors (Lipinski definition) is 2. The number of aromatic nitrogens is 2. The molecular weight excluding hydrogens is 290 g/mol. The van der Waals surface area contributed by atoms with E-state index < -0.39 is 5.60 Å². The highest BCUT2D eigenvalue weighted by atomic mass is 16.3. The average Bonchev–Trinajstić information content (AvgIpc) is 3.27. The van der Waals surface area contributed by atoms with Crippen LogP contribution in [0.4, 0.5) is 0 Å². The smallest absolute Gasteiger partial charge is 0.254 e. The highest BCUT2D eigenvalue weighted by Gasteiger charge is 2.60. The van der Waals surface area contributed by atoms with Gasteiger partial charge in [-0.05, 0) is 63.2 Å². The van der Waals surface area contributed by atoms with Crippen LogP contribution < -0.4 is 5.32 Å². The van der Waals surface area contributed by atoms with Crippen LogP contribution in [0.2, 0.25) is 0 Å². The van der Waals surface area contributed by atoms with Crippen LogP contribution in [0.15, 0.2) is 6.20 Å². The third-order valence-corrected chi connectivity index (χ3v) is 6.53. The number of aryl methyl sites for hydroxylation is 1. The quantitative estimate of drug-likeness (QED) is 0.894. The number of hydrogen-bond acceptors (Lipinski definition) is 4. The van der Waals surface area contributed by atoms with Crippen molar-refractivity contribution < 1.29 is 9.90 Å². The van der Waals surface area contributed by atoms with E-state index in [4.69, 9.17) is 0 Å². The summed E-state index contributed by atoms with van der Waals surface area (Å²) in [4.78, 5) is 21.6. The van der Waals surface area contributed by atoms with Crippen LogP contribution in [0, 0.1) is 24.7 Å². The Morgan fingerprint density at radius 3 is 2.83 bits per heavy atom. The monoisotopic (exact) mass is 313 g/mol. The molecule has 5 atom stereocenters. The molecule has 5 saturated carbocycles. The van der Waals surface area contributed by atoms with E-state index in [1.54, 1.807) is 6.20 Å². The fourth-order valence-electron chi connectivity index (χ4n) is 5.54. The zero-order chi connectivity index (χ0) is 15.8. The van der Waals surface area contributed by atoms with E-state index in [1.807, 2.05) is 6.92 Å². The van der Waals surface area contributed by atoms with E-state index in [9.17, 15) is 9.90 Å². The molecule has 5 aliphatic rings. The Balaban J connectivity index is 1.39. The van der Waals surface area contributed by atoms with Crippen LogP contribution in [0.5, 0.6) is 0 Å². The third kappa shape index (κ3) is 2.12. The van der Waals surface area contributed by atoms with Crippen LogP contribution in [-0.2, 0) is 0 Å². The van der Waals surface area contributed by atoms with E-state index in [0.29, 0.717) is 29.2 Å². The topological polar surface area (TPSA) is 75.1 Å². The predicted octanol–water partition coefficient (Wildman–Crippen LogP) is 1.94. The van der Waals surface area contributed by atoms with Gasteiger partial charge in [-0.15, -0.1) is 0 Å². The van der Waals surface area contributed by atoms with Gasteiger partial charge in [0.05, 0.1) is 16.9 Å². The standard InChI is InChI=1S/C18H23N3O2/c1-9-19-8-14(15(20-9)10-2-3-10)17(22)21-16-12-4-11-5-18(23,6-12)7-13(11)16/h8,10-13,16,23H,2-7H2,1H3,(H,21,22)/t11?,12-,13-,16-,18-/m1/s1. The van der Waals surface area contributed by atoms with Gasteiger partial charge in [-0.1, -0.05) is 0 Å². The highest BCUT2D eigenvalue weighted by Crippen LogP contribution is 2.60. The number of amides is 1. The van der Waals surface area contributed by atoms with Gasteiger partial charge in [0.25, 0.3) is 5.91 Å². The van der Waals surface area contributed by atoms with E-state index in [2.05, 4.69) is 15.3 Å². The van der Waals surface area contributed by atoms with E-state index in [-0.39, 0.29) is 11.9 Å². The zero-order valence-corrected chi connectivity index (χ0v) is 13.5. The van der Waals surface area contributed by atoms with Crippen molar-refractivity contribution in [2.75, 3.05) is 0 Å². The Morgan fingerprint density at radius 2 is 2.09 bits per heavy atom. The molecule has 0 saturated heterocycles. The van der Waals surface area contributed by atoms with Gasteiger partial charge in [0.2, 0.25) is 0 Å². The Kier molecular flexibility index (Phi) is 2.74. The summed E-state index contributed by atoms with van der Waals surface area (Å²) in [6, 6.07) is 0.226. The summed E-state index contributed by atoms with van der Waals surface area (Å²) >= 11 is 0. The minimum atomic E-state index is -0.439. The van der Waals surface area contributed by atoms with Crippen LogP contribution in [0.1, 0.15) is 66.3 Å². The van der Waals surface area contributed by atoms with Gasteiger partial charge in [0.1, 0.15) is 5.82 Å². The van der Waals surface area contributed by atoms with Gasteiger partial charge >= 0.3 is 0 Å². The summed E-state index contributed by atoms with van der Waals surface area (Å²) in [5, 5.41) is 13.8. The van der Waals surface area contributed by atoms with Gasteiger partial charge in [-0.3, -0.25) is 4.79 Å². The Morgan fingerprint density at radius 1 is 1.30 bits per heavy atom. The first kappa shape index (κ1) is 13.9. The molecule has 4 bridgehead atoms. The number of nitrogens with one attached hydrogen (secondary N) is 1. The lowest BCUT2D eigenvalue weighted by Gasteiger charge is -2.38. The molecule has 2 N–H and O–H groups in total. The molecule has 0 spiro atoms. The molecule has 1 aromatic heterocycles. The minimum absolute atomic E-state index is 0.0140. The summed E-state index contributed by atoms with van der Waals surface area (Å²) in [7, 11) is 0. The number of aliphatic hydroxyl groups is 1. The van der Waals surface area contributed by atoms with Gasteiger partial charge in [0.15, 0.2) is 0 Å². The normalized spacial score (nSPS) is 40.6. The van der Waals surface area contributed by atoms with Crippen molar-refractivity contribution in [3.05, 3.63) is 23.3 Å². The van der Waals surface area contributed by atoms with Crippen molar-refractivity contribution in [1.29, 1.82) is 0 Å². The van der Waals surface area contributed by atoms with Gasteiger partial charge < -0.3 is 10.4 Å². The van der Waals surface area contributed by atoms with Crippen molar-refractivity contribution in [2.24, 2.45) is 17.8 Å². The van der Waals surface area contributed by atoms with E-state index >= 15 is 0 Å². The summed E-state index contributed by atoms with van der Waals surface area (Å²) in [6.45, 7) is 1.88. The van der Waals surface area contributed by atoms with Crippen LogP contribution in [0.25, 0.3) is 0 Å². The van der Waals surface area contributed by atoms with E-state index in [0.717, 1.165) is 50.0 Å². The molecule has 1 amide bonds. The van der Waals surface area contributed by atoms with Crippen LogP contribution in [-0.4, -0.2) is 32.6 Å². The van der Waals surface area contributed by atoms with Gasteiger partial charge in [0, 0.05) is 18.2 Å². The van der Waals surface area contributed by atoms with Crippen molar-refractivity contribution in [3.63, 3.8) is 0 Å². The molecule has 5 fully saturated rings. The first-order valence-electron chi connectivity index (χ1n) is 8.89. The zero-order valence-electron chi connectivity index (χ0n) is 13.5. The maximum absolute atomic E-state index is 12.8. The predicted molar refractivity (Wildman–Crippen MR) is 83.9 cm³/mol. The van der Waals surface area contributed by atoms with Crippen molar-refractivity contribution >= 4 is 5.91 Å². The molecule has 0 aliphatic heterocycles. The molecule has 23 heavy (non-hydrogen) atoms. The summed E-state index contributed by atoms with van der Waals surface area (Å²) in [5.41, 5.74) is 1.15. The molecule has 1 heterocycles. The maximum Gasteiger partial charge on any atom is 0.254 e. The van der Waals surface area contributed by atoms with E-state index in [1.165, 1.54) is 0 Å². The fourth-order valence-corrected chi connectivity index (χ4v) is 5.54. The minimum Gasteiger partial charge on any atom is -0.390 e. The number of carbonyl (C=O) groups excluding carboxylic acids is 1. The lowest BCUT2D eigenvalue weighted by molar-refractivity contribution is -0.0192. The summed E-state index contributed by atoms with van der Waals surface area (Å²) in [6.07, 6.45) is 7.76. The summed E-state index contributed by atoms with van der Waals surface area (Å²) < 4.78 is 0. The Bertz CT molecular complexity index is 683. The van der Waals surface area contributed by atoms with Crippen molar-refractivity contribution in [3.8, 4) is 0 Å². The number of rotatable bonds is 3. The fraction of sp³-hybridized carbons (Fsp3) is 0.722. The Hall–Kier alpha value is -1.49. The second-order valence-electron chi connectivity index (χ2n) is 8.25. The molecule has 6 rings (SSSR count). The average molecular weight is 313 g/mol. The molecule has 1 unspecified atom stereocenters. The van der Waals surface area contributed by atoms with Crippen molar-refractivity contribution in [2.45, 2.75) is 63.0 Å². The Labute approximate surface area is 135 Å². The molecule has 1 aromatic rings. The molecule has 0 radical (unpaired) electrons. The summed E-state index contributed by atoms with van der Waals surface area (Å²) in [5.74, 6) is 2.66. The van der Waals surface area contributed by atoms with Crippen LogP contribution >= 0.6 is 0 Å². The first-order valence-corrected chi connectivity index (χ1v) is 8.89. The first-order chi connectivity index (χ1) is 11.0. The molecule has 0 aromatic carbocycles. The SMILES string of the molecule is Cc1ncc(C(=O)N[C@@H]2[C@@H]3CC4C[C@@](O)(C3)C[C@H]42)c(C2CC2)n1. The number of nitrogens with zero attached hydrogens (tertiary/aromatic N) is 2. The lowest BCUT2D eigenvalue weighted by atomic mass is 9.76.